The van der Waals surface area contributed by atoms with Gasteiger partial charge in [0.2, 0.25) is 0 Å². The molecule has 2 nitrogen and oxygen atoms in total. The Morgan fingerprint density at radius 1 is 1.19 bits per heavy atom. The number of rotatable bonds is 10. The fourth-order valence-electron chi connectivity index (χ4n) is 2.26. The van der Waals surface area contributed by atoms with Gasteiger partial charge in [0.25, 0.3) is 0 Å². The van der Waals surface area contributed by atoms with Crippen molar-refractivity contribution in [2.75, 3.05) is 26.2 Å². The van der Waals surface area contributed by atoms with Crippen LogP contribution in [0.3, 0.4) is 0 Å². The Morgan fingerprint density at radius 3 is 2.44 bits per heavy atom. The van der Waals surface area contributed by atoms with Crippen LogP contribution in [0.15, 0.2) is 0 Å². The van der Waals surface area contributed by atoms with Gasteiger partial charge in [0, 0.05) is 19.1 Å². The molecule has 1 atom stereocenters. The highest BCUT2D eigenvalue weighted by molar-refractivity contribution is 4.79. The molecule has 0 aromatic rings. The van der Waals surface area contributed by atoms with Gasteiger partial charge in [-0.3, -0.25) is 0 Å². The van der Waals surface area contributed by atoms with E-state index < -0.39 is 0 Å². The minimum atomic E-state index is 0.712. The monoisotopic (exact) mass is 226 g/mol. The van der Waals surface area contributed by atoms with E-state index in [1.54, 1.807) is 0 Å². The highest BCUT2D eigenvalue weighted by atomic mass is 15.1. The molecular weight excluding hydrogens is 196 g/mol. The molecule has 0 saturated heterocycles. The first kappa shape index (κ1) is 14.0. The number of nitrogens with one attached hydrogen (secondary N) is 1. The number of likely N-dealkylation sites (N-methyl/N-ethyl adjacent to an activating group) is 1. The van der Waals surface area contributed by atoms with Crippen molar-refractivity contribution in [2.24, 2.45) is 5.92 Å². The summed E-state index contributed by atoms with van der Waals surface area (Å²) in [4.78, 5) is 2.64. The Bertz CT molecular complexity index is 166. The van der Waals surface area contributed by atoms with E-state index >= 15 is 0 Å². The van der Waals surface area contributed by atoms with Crippen LogP contribution < -0.4 is 5.32 Å². The van der Waals surface area contributed by atoms with Crippen LogP contribution in [0.1, 0.15) is 52.9 Å². The van der Waals surface area contributed by atoms with Gasteiger partial charge in [0.15, 0.2) is 0 Å². The second kappa shape index (κ2) is 8.08. The van der Waals surface area contributed by atoms with E-state index in [4.69, 9.17) is 0 Å². The molecule has 0 spiro atoms. The van der Waals surface area contributed by atoms with Crippen LogP contribution in [0.2, 0.25) is 0 Å². The summed E-state index contributed by atoms with van der Waals surface area (Å²) in [6.45, 7) is 11.8. The smallest absolute Gasteiger partial charge is 0.0194 e. The van der Waals surface area contributed by atoms with Gasteiger partial charge in [-0.05, 0) is 44.7 Å². The molecule has 0 aromatic carbocycles. The maximum absolute atomic E-state index is 3.69. The first-order valence-corrected chi connectivity index (χ1v) is 7.25. The zero-order valence-corrected chi connectivity index (χ0v) is 11.5. The second-order valence-electron chi connectivity index (χ2n) is 5.24. The van der Waals surface area contributed by atoms with Crippen molar-refractivity contribution in [3.05, 3.63) is 0 Å². The number of nitrogens with zero attached hydrogens (tertiary/aromatic N) is 1. The summed E-state index contributed by atoms with van der Waals surface area (Å²) in [6, 6.07) is 0.712. The molecule has 2 heteroatoms. The van der Waals surface area contributed by atoms with E-state index in [9.17, 15) is 0 Å². The first-order valence-electron chi connectivity index (χ1n) is 7.25. The standard InChI is InChI=1S/C14H30N2/c1-4-7-14(15-10-5-2)12-16(6-3)11-13-8-9-13/h13-15H,4-12H2,1-3H3. The maximum Gasteiger partial charge on any atom is 0.0194 e. The van der Waals surface area contributed by atoms with Gasteiger partial charge in [-0.15, -0.1) is 0 Å². The van der Waals surface area contributed by atoms with Gasteiger partial charge in [-0.1, -0.05) is 27.2 Å². The van der Waals surface area contributed by atoms with Crippen LogP contribution in [-0.2, 0) is 0 Å². The van der Waals surface area contributed by atoms with Gasteiger partial charge < -0.3 is 10.2 Å². The summed E-state index contributed by atoms with van der Waals surface area (Å²) in [5.41, 5.74) is 0. The molecule has 1 rings (SSSR count). The minimum Gasteiger partial charge on any atom is -0.313 e. The first-order chi connectivity index (χ1) is 7.80. The lowest BCUT2D eigenvalue weighted by Crippen LogP contribution is -2.42. The lowest BCUT2D eigenvalue weighted by Gasteiger charge is -2.27. The number of hydrogen-bond donors (Lipinski definition) is 1. The van der Waals surface area contributed by atoms with E-state index in [0.29, 0.717) is 6.04 Å². The Hall–Kier alpha value is -0.0800. The predicted molar refractivity (Wildman–Crippen MR) is 71.8 cm³/mol. The normalized spacial score (nSPS) is 18.0. The van der Waals surface area contributed by atoms with Crippen molar-refractivity contribution in [3.8, 4) is 0 Å². The fourth-order valence-corrected chi connectivity index (χ4v) is 2.26. The van der Waals surface area contributed by atoms with Gasteiger partial charge in [0.1, 0.15) is 0 Å². The predicted octanol–water partition coefficient (Wildman–Crippen LogP) is 2.89. The highest BCUT2D eigenvalue weighted by Crippen LogP contribution is 2.29. The van der Waals surface area contributed by atoms with E-state index in [1.807, 2.05) is 0 Å². The Labute approximate surface area is 102 Å². The molecule has 0 aromatic heterocycles. The summed E-state index contributed by atoms with van der Waals surface area (Å²) in [5.74, 6) is 1.02. The zero-order chi connectivity index (χ0) is 11.8. The lowest BCUT2D eigenvalue weighted by molar-refractivity contribution is 0.237. The van der Waals surface area contributed by atoms with Gasteiger partial charge in [0.05, 0.1) is 0 Å². The van der Waals surface area contributed by atoms with Crippen LogP contribution in [0.4, 0.5) is 0 Å². The average molecular weight is 226 g/mol. The molecule has 0 amide bonds. The largest absolute Gasteiger partial charge is 0.313 e. The fraction of sp³-hybridized carbons (Fsp3) is 1.00. The van der Waals surface area contributed by atoms with Crippen LogP contribution >= 0.6 is 0 Å². The molecule has 96 valence electrons. The summed E-state index contributed by atoms with van der Waals surface area (Å²) < 4.78 is 0. The molecule has 1 saturated carbocycles. The third-order valence-corrected chi connectivity index (χ3v) is 3.46. The van der Waals surface area contributed by atoms with E-state index in [0.717, 1.165) is 5.92 Å². The van der Waals surface area contributed by atoms with Crippen LogP contribution in [0.5, 0.6) is 0 Å². The van der Waals surface area contributed by atoms with Crippen molar-refractivity contribution < 1.29 is 0 Å². The quantitative estimate of drug-likeness (QED) is 0.616. The topological polar surface area (TPSA) is 15.3 Å². The van der Waals surface area contributed by atoms with Crippen molar-refractivity contribution >= 4 is 0 Å². The number of hydrogen-bond acceptors (Lipinski definition) is 2. The molecule has 1 fully saturated rings. The summed E-state index contributed by atoms with van der Waals surface area (Å²) in [5, 5.41) is 3.69. The average Bonchev–Trinajstić information content (AvgIpc) is 3.09. The molecule has 0 heterocycles. The Kier molecular flexibility index (Phi) is 7.06. The second-order valence-corrected chi connectivity index (χ2v) is 5.24. The molecule has 1 aliphatic rings. The summed E-state index contributed by atoms with van der Waals surface area (Å²) in [7, 11) is 0. The third-order valence-electron chi connectivity index (χ3n) is 3.46. The zero-order valence-electron chi connectivity index (χ0n) is 11.5. The SMILES string of the molecule is CCCNC(CCC)CN(CC)CC1CC1. The molecule has 1 N–H and O–H groups in total. The van der Waals surface area contributed by atoms with E-state index in [-0.39, 0.29) is 0 Å². The van der Waals surface area contributed by atoms with Crippen LogP contribution in [0, 0.1) is 5.92 Å². The van der Waals surface area contributed by atoms with E-state index in [2.05, 4.69) is 31.0 Å². The molecule has 1 aliphatic carbocycles. The molecule has 16 heavy (non-hydrogen) atoms. The summed E-state index contributed by atoms with van der Waals surface area (Å²) in [6.07, 6.45) is 6.80. The highest BCUT2D eigenvalue weighted by Gasteiger charge is 2.24. The van der Waals surface area contributed by atoms with Crippen molar-refractivity contribution in [1.82, 2.24) is 10.2 Å². The van der Waals surface area contributed by atoms with Gasteiger partial charge >= 0.3 is 0 Å². The molecule has 0 aliphatic heterocycles. The third kappa shape index (κ3) is 5.86. The van der Waals surface area contributed by atoms with Crippen molar-refractivity contribution in [1.29, 1.82) is 0 Å². The van der Waals surface area contributed by atoms with Crippen LogP contribution in [-0.4, -0.2) is 37.1 Å². The Morgan fingerprint density at radius 2 is 1.94 bits per heavy atom. The Balaban J connectivity index is 2.24. The lowest BCUT2D eigenvalue weighted by atomic mass is 10.1. The minimum absolute atomic E-state index is 0.712. The maximum atomic E-state index is 3.69. The van der Waals surface area contributed by atoms with Crippen LogP contribution in [0.25, 0.3) is 0 Å². The molecule has 0 radical (unpaired) electrons. The molecule has 1 unspecified atom stereocenters. The summed E-state index contributed by atoms with van der Waals surface area (Å²) >= 11 is 0. The van der Waals surface area contributed by atoms with Crippen molar-refractivity contribution in [2.45, 2.75) is 58.9 Å². The molecule has 0 bridgehead atoms. The van der Waals surface area contributed by atoms with Gasteiger partial charge in [-0.25, -0.2) is 0 Å². The molecular formula is C14H30N2. The van der Waals surface area contributed by atoms with Crippen molar-refractivity contribution in [3.63, 3.8) is 0 Å². The van der Waals surface area contributed by atoms with Gasteiger partial charge in [-0.2, -0.15) is 0 Å². The van der Waals surface area contributed by atoms with E-state index in [1.165, 1.54) is 58.3 Å².